The molecule has 1 unspecified atom stereocenters. The average molecular weight is 325 g/mol. The van der Waals surface area contributed by atoms with Gasteiger partial charge in [0.25, 0.3) is 5.91 Å². The van der Waals surface area contributed by atoms with Crippen molar-refractivity contribution in [2.45, 2.75) is 20.0 Å². The number of aromatic nitrogens is 2. The van der Waals surface area contributed by atoms with Crippen LogP contribution in [-0.4, -0.2) is 27.9 Å². The highest BCUT2D eigenvalue weighted by atomic mass is 16.5. The van der Waals surface area contributed by atoms with Gasteiger partial charge in [0.05, 0.1) is 5.56 Å². The molecule has 0 fully saturated rings. The summed E-state index contributed by atoms with van der Waals surface area (Å²) in [5, 5.41) is 2.61. The predicted octanol–water partition coefficient (Wildman–Crippen LogP) is 2.72. The number of amides is 1. The van der Waals surface area contributed by atoms with Gasteiger partial charge >= 0.3 is 5.97 Å². The Kier molecular flexibility index (Phi) is 4.24. The van der Waals surface area contributed by atoms with Crippen LogP contribution in [0.15, 0.2) is 47.2 Å². The van der Waals surface area contributed by atoms with Gasteiger partial charge in [-0.15, -0.1) is 0 Å². The van der Waals surface area contributed by atoms with Gasteiger partial charge < -0.3 is 14.5 Å². The summed E-state index contributed by atoms with van der Waals surface area (Å²) < 4.78 is 10.3. The highest BCUT2D eigenvalue weighted by Gasteiger charge is 2.20. The number of aryl methyl sites for hydroxylation is 1. The number of oxazole rings is 1. The molecule has 0 aliphatic rings. The summed E-state index contributed by atoms with van der Waals surface area (Å²) in [6, 6.07) is 10.0. The first kappa shape index (κ1) is 15.7. The van der Waals surface area contributed by atoms with Crippen LogP contribution in [0.3, 0.4) is 0 Å². The molecule has 1 aromatic carbocycles. The van der Waals surface area contributed by atoms with E-state index in [0.29, 0.717) is 16.9 Å². The summed E-state index contributed by atoms with van der Waals surface area (Å²) >= 11 is 0. The predicted molar refractivity (Wildman–Crippen MR) is 86.5 cm³/mol. The monoisotopic (exact) mass is 325 g/mol. The van der Waals surface area contributed by atoms with Crippen molar-refractivity contribution >= 4 is 28.8 Å². The second kappa shape index (κ2) is 6.49. The van der Waals surface area contributed by atoms with Gasteiger partial charge in [0, 0.05) is 5.69 Å². The van der Waals surface area contributed by atoms with E-state index >= 15 is 0 Å². The molecule has 1 amide bonds. The van der Waals surface area contributed by atoms with Crippen LogP contribution in [0.4, 0.5) is 5.82 Å². The number of ether oxygens (including phenoxy) is 1. The van der Waals surface area contributed by atoms with Crippen molar-refractivity contribution < 1.29 is 18.7 Å². The van der Waals surface area contributed by atoms with E-state index < -0.39 is 18.0 Å². The molecule has 1 N–H and O–H groups in total. The molecule has 0 aliphatic heterocycles. The van der Waals surface area contributed by atoms with Crippen LogP contribution in [0.1, 0.15) is 23.0 Å². The molecule has 2 aromatic heterocycles. The Morgan fingerprint density at radius 1 is 1.25 bits per heavy atom. The zero-order valence-electron chi connectivity index (χ0n) is 13.1. The molecule has 122 valence electrons. The van der Waals surface area contributed by atoms with Crippen LogP contribution in [-0.2, 0) is 9.53 Å². The number of hydrogen-bond donors (Lipinski definition) is 1. The molecular formula is C17H15N3O4. The number of esters is 1. The van der Waals surface area contributed by atoms with Crippen molar-refractivity contribution in [1.82, 2.24) is 9.97 Å². The molecule has 7 heteroatoms. The van der Waals surface area contributed by atoms with Crippen molar-refractivity contribution in [3.05, 3.63) is 54.0 Å². The van der Waals surface area contributed by atoms with E-state index in [9.17, 15) is 9.59 Å². The third-order valence-electron chi connectivity index (χ3n) is 3.36. The Morgan fingerprint density at radius 2 is 2.08 bits per heavy atom. The number of anilines is 1. The van der Waals surface area contributed by atoms with E-state index in [2.05, 4.69) is 15.3 Å². The lowest BCUT2D eigenvalue weighted by Crippen LogP contribution is -2.30. The number of pyridine rings is 1. The lowest BCUT2D eigenvalue weighted by Gasteiger charge is -2.13. The minimum absolute atomic E-state index is 0.285. The molecular weight excluding hydrogens is 310 g/mol. The van der Waals surface area contributed by atoms with E-state index in [4.69, 9.17) is 9.15 Å². The van der Waals surface area contributed by atoms with Crippen LogP contribution in [0.5, 0.6) is 0 Å². The summed E-state index contributed by atoms with van der Waals surface area (Å²) in [6.07, 6.45) is 0.329. The van der Waals surface area contributed by atoms with Gasteiger partial charge in [0.15, 0.2) is 18.1 Å². The minimum Gasteiger partial charge on any atom is -0.449 e. The molecule has 0 saturated carbocycles. The molecule has 1 atom stereocenters. The number of carbonyl (C=O) groups excluding carboxylic acids is 2. The van der Waals surface area contributed by atoms with Gasteiger partial charge in [0.1, 0.15) is 11.3 Å². The molecule has 3 aromatic rings. The molecule has 2 heterocycles. The van der Waals surface area contributed by atoms with E-state index in [-0.39, 0.29) is 5.56 Å². The molecule has 7 nitrogen and oxygen atoms in total. The number of rotatable bonds is 4. The topological polar surface area (TPSA) is 94.3 Å². The third-order valence-corrected chi connectivity index (χ3v) is 3.36. The van der Waals surface area contributed by atoms with Gasteiger partial charge in [-0.2, -0.15) is 0 Å². The maximum atomic E-state index is 12.2. The normalized spacial score (nSPS) is 11.9. The first-order chi connectivity index (χ1) is 11.5. The molecule has 0 aliphatic carbocycles. The van der Waals surface area contributed by atoms with Gasteiger partial charge in [-0.25, -0.2) is 14.8 Å². The fourth-order valence-electron chi connectivity index (χ4n) is 2.10. The minimum atomic E-state index is -0.967. The quantitative estimate of drug-likeness (QED) is 0.741. The highest BCUT2D eigenvalue weighted by molar-refractivity contribution is 5.98. The van der Waals surface area contributed by atoms with Gasteiger partial charge in [0.2, 0.25) is 0 Å². The molecule has 0 saturated heterocycles. The Hall–Kier alpha value is -3.22. The Labute approximate surface area is 137 Å². The molecule has 24 heavy (non-hydrogen) atoms. The van der Waals surface area contributed by atoms with Crippen LogP contribution < -0.4 is 5.32 Å². The number of nitrogens with zero attached hydrogens (tertiary/aromatic N) is 2. The van der Waals surface area contributed by atoms with Crippen LogP contribution in [0.2, 0.25) is 0 Å². The summed E-state index contributed by atoms with van der Waals surface area (Å²) in [6.45, 7) is 3.31. The number of benzene rings is 1. The summed E-state index contributed by atoms with van der Waals surface area (Å²) in [4.78, 5) is 32.4. The molecule has 0 radical (unpaired) electrons. The van der Waals surface area contributed by atoms with Gasteiger partial charge in [-0.05, 0) is 44.2 Å². The fraction of sp³-hybridized carbons (Fsp3) is 0.176. The van der Waals surface area contributed by atoms with Gasteiger partial charge in [-0.3, -0.25) is 4.79 Å². The fourth-order valence-corrected chi connectivity index (χ4v) is 2.10. The third kappa shape index (κ3) is 3.40. The van der Waals surface area contributed by atoms with E-state index in [1.165, 1.54) is 19.4 Å². The Bertz CT molecular complexity index is 903. The van der Waals surface area contributed by atoms with Crippen LogP contribution >= 0.6 is 0 Å². The maximum absolute atomic E-state index is 12.2. The summed E-state index contributed by atoms with van der Waals surface area (Å²) in [5.74, 6) is -0.665. The standard InChI is InChI=1S/C17H15N3O4/c1-10-4-3-5-15(19-10)20-16(21)11(2)24-17(22)12-6-7-13-14(8-12)23-9-18-13/h3-9,11H,1-2H3,(H,19,20,21). The number of fused-ring (bicyclic) bond motifs is 1. The summed E-state index contributed by atoms with van der Waals surface area (Å²) in [7, 11) is 0. The first-order valence-corrected chi connectivity index (χ1v) is 7.31. The van der Waals surface area contributed by atoms with Crippen molar-refractivity contribution in [1.29, 1.82) is 0 Å². The van der Waals surface area contributed by atoms with Crippen molar-refractivity contribution in [2.24, 2.45) is 0 Å². The summed E-state index contributed by atoms with van der Waals surface area (Å²) in [5.41, 5.74) is 2.18. The average Bonchev–Trinajstić information content (AvgIpc) is 3.02. The molecule has 0 spiro atoms. The number of nitrogens with one attached hydrogen (secondary N) is 1. The zero-order chi connectivity index (χ0) is 17.1. The lowest BCUT2D eigenvalue weighted by atomic mass is 10.2. The van der Waals surface area contributed by atoms with Crippen molar-refractivity contribution in [2.75, 3.05) is 5.32 Å². The second-order valence-electron chi connectivity index (χ2n) is 5.24. The largest absolute Gasteiger partial charge is 0.449 e. The van der Waals surface area contributed by atoms with E-state index in [0.717, 1.165) is 5.69 Å². The van der Waals surface area contributed by atoms with Crippen molar-refractivity contribution in [3.8, 4) is 0 Å². The second-order valence-corrected chi connectivity index (χ2v) is 5.24. The Morgan fingerprint density at radius 3 is 2.88 bits per heavy atom. The van der Waals surface area contributed by atoms with E-state index in [1.54, 1.807) is 24.3 Å². The van der Waals surface area contributed by atoms with Crippen LogP contribution in [0.25, 0.3) is 11.1 Å². The van der Waals surface area contributed by atoms with E-state index in [1.807, 2.05) is 13.0 Å². The highest BCUT2D eigenvalue weighted by Crippen LogP contribution is 2.15. The lowest BCUT2D eigenvalue weighted by molar-refractivity contribution is -0.123. The smallest absolute Gasteiger partial charge is 0.339 e. The zero-order valence-corrected chi connectivity index (χ0v) is 13.1. The SMILES string of the molecule is Cc1cccc(NC(=O)C(C)OC(=O)c2ccc3ncoc3c2)n1. The maximum Gasteiger partial charge on any atom is 0.339 e. The Balaban J connectivity index is 1.65. The number of carbonyl (C=O) groups is 2. The van der Waals surface area contributed by atoms with Gasteiger partial charge in [-0.1, -0.05) is 6.07 Å². The number of hydrogen-bond acceptors (Lipinski definition) is 6. The van der Waals surface area contributed by atoms with Crippen molar-refractivity contribution in [3.63, 3.8) is 0 Å². The molecule has 0 bridgehead atoms. The van der Waals surface area contributed by atoms with Crippen LogP contribution in [0, 0.1) is 6.92 Å². The molecule has 3 rings (SSSR count). The first-order valence-electron chi connectivity index (χ1n) is 7.31.